The summed E-state index contributed by atoms with van der Waals surface area (Å²) in [6, 6.07) is 5.62. The molecule has 0 aromatic heterocycles. The zero-order valence-corrected chi connectivity index (χ0v) is 10.5. The summed E-state index contributed by atoms with van der Waals surface area (Å²) >= 11 is 5.91. The molecule has 3 heteroatoms. The Morgan fingerprint density at radius 1 is 1.38 bits per heavy atom. The topological polar surface area (TPSA) is 26.3 Å². The highest BCUT2D eigenvalue weighted by Crippen LogP contribution is 2.21. The maximum absolute atomic E-state index is 10.7. The van der Waals surface area contributed by atoms with E-state index in [0.29, 0.717) is 13.0 Å². The normalized spacial score (nSPS) is 10.2. The molecule has 88 valence electrons. The van der Waals surface area contributed by atoms with Crippen molar-refractivity contribution in [1.29, 1.82) is 0 Å². The van der Waals surface area contributed by atoms with Gasteiger partial charge in [0.25, 0.3) is 0 Å². The van der Waals surface area contributed by atoms with E-state index >= 15 is 0 Å². The summed E-state index contributed by atoms with van der Waals surface area (Å²) in [5.41, 5.74) is 1.02. The van der Waals surface area contributed by atoms with Gasteiger partial charge in [-0.1, -0.05) is 11.6 Å². The van der Waals surface area contributed by atoms with Gasteiger partial charge in [0.1, 0.15) is 11.5 Å². The van der Waals surface area contributed by atoms with Crippen molar-refractivity contribution in [3.8, 4) is 5.75 Å². The molecule has 0 heterocycles. The highest BCUT2D eigenvalue weighted by atomic mass is 35.5. The largest absolute Gasteiger partial charge is 0.494 e. The van der Waals surface area contributed by atoms with E-state index in [9.17, 15) is 4.79 Å². The summed E-state index contributed by atoms with van der Waals surface area (Å²) in [7, 11) is 0. The Balaban J connectivity index is 2.27. The molecule has 0 fully saturated rings. The fourth-order valence-corrected chi connectivity index (χ4v) is 1.49. The quantitative estimate of drug-likeness (QED) is 0.708. The van der Waals surface area contributed by atoms with Gasteiger partial charge in [-0.3, -0.25) is 0 Å². The molecule has 0 saturated carbocycles. The summed E-state index contributed by atoms with van der Waals surface area (Å²) < 4.78 is 5.55. The van der Waals surface area contributed by atoms with Crippen molar-refractivity contribution in [2.45, 2.75) is 33.1 Å². The molecule has 0 amide bonds. The van der Waals surface area contributed by atoms with E-state index in [-0.39, 0.29) is 5.78 Å². The van der Waals surface area contributed by atoms with Crippen molar-refractivity contribution in [2.24, 2.45) is 0 Å². The van der Waals surface area contributed by atoms with E-state index in [1.165, 1.54) is 0 Å². The number of aryl methyl sites for hydroxylation is 1. The summed E-state index contributed by atoms with van der Waals surface area (Å²) in [5, 5.41) is 0.754. The van der Waals surface area contributed by atoms with Crippen molar-refractivity contribution in [2.75, 3.05) is 6.61 Å². The van der Waals surface area contributed by atoms with Crippen molar-refractivity contribution in [3.05, 3.63) is 28.8 Å². The van der Waals surface area contributed by atoms with E-state index in [0.717, 1.165) is 29.2 Å². The Labute approximate surface area is 102 Å². The first-order valence-corrected chi connectivity index (χ1v) is 5.86. The van der Waals surface area contributed by atoms with Crippen LogP contribution in [0.5, 0.6) is 5.75 Å². The molecule has 1 aromatic rings. The minimum absolute atomic E-state index is 0.238. The molecule has 0 saturated heterocycles. The summed E-state index contributed by atoms with van der Waals surface area (Å²) in [6.07, 6.45) is 2.44. The first-order chi connectivity index (χ1) is 7.59. The molecule has 0 N–H and O–H groups in total. The third kappa shape index (κ3) is 4.67. The molecule has 0 aliphatic rings. The van der Waals surface area contributed by atoms with Gasteiger partial charge in [0.2, 0.25) is 0 Å². The van der Waals surface area contributed by atoms with Crippen molar-refractivity contribution < 1.29 is 9.53 Å². The minimum Gasteiger partial charge on any atom is -0.494 e. The van der Waals surface area contributed by atoms with Crippen LogP contribution in [0.4, 0.5) is 0 Å². The van der Waals surface area contributed by atoms with Gasteiger partial charge in [-0.05, 0) is 50.5 Å². The highest BCUT2D eigenvalue weighted by molar-refractivity contribution is 6.31. The van der Waals surface area contributed by atoms with Gasteiger partial charge in [-0.15, -0.1) is 0 Å². The van der Waals surface area contributed by atoms with E-state index in [2.05, 4.69) is 0 Å². The average Bonchev–Trinajstić information content (AvgIpc) is 2.22. The average molecular weight is 241 g/mol. The molecule has 1 aromatic carbocycles. The monoisotopic (exact) mass is 240 g/mol. The Kier molecular flexibility index (Phi) is 5.33. The summed E-state index contributed by atoms with van der Waals surface area (Å²) in [6.45, 7) is 4.21. The lowest BCUT2D eigenvalue weighted by atomic mass is 10.2. The SMILES string of the molecule is CC(=O)CCCCOc1ccc(Cl)c(C)c1. The smallest absolute Gasteiger partial charge is 0.129 e. The van der Waals surface area contributed by atoms with Gasteiger partial charge >= 0.3 is 0 Å². The predicted molar refractivity (Wildman–Crippen MR) is 66.2 cm³/mol. The fourth-order valence-electron chi connectivity index (χ4n) is 1.37. The zero-order valence-electron chi connectivity index (χ0n) is 9.75. The van der Waals surface area contributed by atoms with Crippen LogP contribution >= 0.6 is 11.6 Å². The number of hydrogen-bond donors (Lipinski definition) is 0. The second-order valence-electron chi connectivity index (χ2n) is 3.92. The molecule has 2 nitrogen and oxygen atoms in total. The van der Waals surface area contributed by atoms with Crippen LogP contribution in [0.15, 0.2) is 18.2 Å². The molecular weight excluding hydrogens is 224 g/mol. The van der Waals surface area contributed by atoms with E-state index in [1.807, 2.05) is 25.1 Å². The van der Waals surface area contributed by atoms with Crippen LogP contribution in [0.1, 0.15) is 31.7 Å². The lowest BCUT2D eigenvalue weighted by molar-refractivity contribution is -0.117. The van der Waals surface area contributed by atoms with Gasteiger partial charge in [-0.25, -0.2) is 0 Å². The molecule has 0 atom stereocenters. The standard InChI is InChI=1S/C13H17ClO2/c1-10-9-12(6-7-13(10)14)16-8-4-3-5-11(2)15/h6-7,9H,3-5,8H2,1-2H3. The van der Waals surface area contributed by atoms with Crippen LogP contribution in [0.3, 0.4) is 0 Å². The van der Waals surface area contributed by atoms with Crippen LogP contribution in [0, 0.1) is 6.92 Å². The van der Waals surface area contributed by atoms with Gasteiger partial charge in [-0.2, -0.15) is 0 Å². The molecule has 0 bridgehead atoms. The maximum Gasteiger partial charge on any atom is 0.129 e. The number of unbranched alkanes of at least 4 members (excludes halogenated alkanes) is 1. The lowest BCUT2D eigenvalue weighted by Gasteiger charge is -2.07. The molecule has 1 rings (SSSR count). The van der Waals surface area contributed by atoms with Crippen LogP contribution in [0.25, 0.3) is 0 Å². The second kappa shape index (κ2) is 6.54. The number of rotatable bonds is 6. The number of ketones is 1. The van der Waals surface area contributed by atoms with Gasteiger partial charge in [0, 0.05) is 11.4 Å². The number of hydrogen-bond acceptors (Lipinski definition) is 2. The van der Waals surface area contributed by atoms with Crippen LogP contribution in [-0.2, 0) is 4.79 Å². The highest BCUT2D eigenvalue weighted by Gasteiger charge is 1.99. The molecule has 16 heavy (non-hydrogen) atoms. The summed E-state index contributed by atoms with van der Waals surface area (Å²) in [5.74, 6) is 1.08. The fraction of sp³-hybridized carbons (Fsp3) is 0.462. The predicted octanol–water partition coefficient (Wildman–Crippen LogP) is 3.79. The van der Waals surface area contributed by atoms with E-state index in [1.54, 1.807) is 6.92 Å². The minimum atomic E-state index is 0.238. The van der Waals surface area contributed by atoms with E-state index in [4.69, 9.17) is 16.3 Å². The number of carbonyl (C=O) groups is 1. The third-order valence-corrected chi connectivity index (χ3v) is 2.75. The van der Waals surface area contributed by atoms with Crippen LogP contribution in [-0.4, -0.2) is 12.4 Å². The second-order valence-corrected chi connectivity index (χ2v) is 4.33. The van der Waals surface area contributed by atoms with Gasteiger partial charge in [0.05, 0.1) is 6.61 Å². The van der Waals surface area contributed by atoms with Crippen LogP contribution < -0.4 is 4.74 Å². The number of halogens is 1. The molecule has 0 unspecified atom stereocenters. The summed E-state index contributed by atoms with van der Waals surface area (Å²) in [4.78, 5) is 10.7. The third-order valence-electron chi connectivity index (χ3n) is 2.32. The molecule has 0 radical (unpaired) electrons. The Morgan fingerprint density at radius 2 is 2.12 bits per heavy atom. The van der Waals surface area contributed by atoms with Gasteiger partial charge < -0.3 is 9.53 Å². The Morgan fingerprint density at radius 3 is 2.75 bits per heavy atom. The first kappa shape index (κ1) is 13.0. The molecule has 0 spiro atoms. The first-order valence-electron chi connectivity index (χ1n) is 5.48. The van der Waals surface area contributed by atoms with Crippen LogP contribution in [0.2, 0.25) is 5.02 Å². The van der Waals surface area contributed by atoms with Gasteiger partial charge in [0.15, 0.2) is 0 Å². The van der Waals surface area contributed by atoms with Crippen molar-refractivity contribution >= 4 is 17.4 Å². The zero-order chi connectivity index (χ0) is 12.0. The van der Waals surface area contributed by atoms with Crippen molar-refractivity contribution in [3.63, 3.8) is 0 Å². The number of carbonyl (C=O) groups excluding carboxylic acids is 1. The molecular formula is C13H17ClO2. The number of benzene rings is 1. The molecule has 0 aliphatic carbocycles. The lowest BCUT2D eigenvalue weighted by Crippen LogP contribution is -1.99. The molecule has 0 aliphatic heterocycles. The number of Topliss-reactive ketones (excluding diaryl/α,β-unsaturated/α-hetero) is 1. The number of ether oxygens (including phenoxy) is 1. The maximum atomic E-state index is 10.7. The van der Waals surface area contributed by atoms with Crippen molar-refractivity contribution in [1.82, 2.24) is 0 Å². The Bertz CT molecular complexity index is 361. The Hall–Kier alpha value is -1.02. The van der Waals surface area contributed by atoms with E-state index < -0.39 is 0 Å².